The van der Waals surface area contributed by atoms with Crippen molar-refractivity contribution in [3.63, 3.8) is 0 Å². The van der Waals surface area contributed by atoms with E-state index < -0.39 is 0 Å². The zero-order valence-electron chi connectivity index (χ0n) is 12.6. The first-order valence-electron chi connectivity index (χ1n) is 6.75. The van der Waals surface area contributed by atoms with Crippen LogP contribution in [0.3, 0.4) is 0 Å². The van der Waals surface area contributed by atoms with E-state index in [0.717, 1.165) is 6.61 Å². The summed E-state index contributed by atoms with van der Waals surface area (Å²) in [6.07, 6.45) is 0.161. The van der Waals surface area contributed by atoms with E-state index in [1.807, 2.05) is 7.05 Å². The molecule has 1 aromatic carbocycles. The zero-order valence-corrected chi connectivity index (χ0v) is 12.6. The van der Waals surface area contributed by atoms with Crippen molar-refractivity contribution < 1.29 is 4.74 Å². The number of nitrogens with one attached hydrogen (secondary N) is 1. The van der Waals surface area contributed by atoms with Gasteiger partial charge in [-0.25, -0.2) is 0 Å². The van der Waals surface area contributed by atoms with Gasteiger partial charge in [-0.2, -0.15) is 0 Å². The molecule has 18 heavy (non-hydrogen) atoms. The molecule has 2 nitrogen and oxygen atoms in total. The van der Waals surface area contributed by atoms with Crippen LogP contribution in [0.1, 0.15) is 44.9 Å². The molecule has 1 rings (SSSR count). The fourth-order valence-corrected chi connectivity index (χ4v) is 2.38. The molecule has 0 aromatic heterocycles. The van der Waals surface area contributed by atoms with Gasteiger partial charge in [-0.15, -0.1) is 0 Å². The molecule has 2 atom stereocenters. The van der Waals surface area contributed by atoms with Crippen LogP contribution in [0.4, 0.5) is 0 Å². The molecule has 2 heteroatoms. The van der Waals surface area contributed by atoms with E-state index in [1.165, 1.54) is 11.1 Å². The van der Waals surface area contributed by atoms with Crippen LogP contribution in [0.15, 0.2) is 24.3 Å². The Morgan fingerprint density at radius 3 is 2.39 bits per heavy atom. The quantitative estimate of drug-likeness (QED) is 0.859. The number of aryl methyl sites for hydroxylation is 1. The smallest absolute Gasteiger partial charge is 0.0817 e. The SMILES string of the molecule is CCOC(C(NC)c1cccc(C)c1)C(C)(C)C. The third kappa shape index (κ3) is 3.82. The average Bonchev–Trinajstić information content (AvgIpc) is 2.28. The summed E-state index contributed by atoms with van der Waals surface area (Å²) in [5.74, 6) is 0. The van der Waals surface area contributed by atoms with Gasteiger partial charge in [0.1, 0.15) is 0 Å². The Morgan fingerprint density at radius 2 is 1.94 bits per heavy atom. The number of rotatable bonds is 5. The van der Waals surface area contributed by atoms with Crippen molar-refractivity contribution in [2.24, 2.45) is 5.41 Å². The van der Waals surface area contributed by atoms with Crippen LogP contribution in [0.25, 0.3) is 0 Å². The molecular weight excluding hydrogens is 222 g/mol. The lowest BCUT2D eigenvalue weighted by Gasteiger charge is -2.37. The highest BCUT2D eigenvalue weighted by Crippen LogP contribution is 2.32. The Kier molecular flexibility index (Phi) is 5.36. The van der Waals surface area contributed by atoms with Gasteiger partial charge in [-0.05, 0) is 31.9 Å². The summed E-state index contributed by atoms with van der Waals surface area (Å²) in [7, 11) is 2.00. The maximum absolute atomic E-state index is 5.99. The molecule has 1 aromatic rings. The number of likely N-dealkylation sites (N-methyl/N-ethyl adjacent to an activating group) is 1. The summed E-state index contributed by atoms with van der Waals surface area (Å²) in [6, 6.07) is 8.87. The molecule has 1 N–H and O–H groups in total. The van der Waals surface area contributed by atoms with Gasteiger partial charge >= 0.3 is 0 Å². The average molecular weight is 249 g/mol. The molecule has 0 saturated carbocycles. The third-order valence-electron chi connectivity index (χ3n) is 3.21. The highest BCUT2D eigenvalue weighted by Gasteiger charge is 2.33. The summed E-state index contributed by atoms with van der Waals surface area (Å²) in [5.41, 5.74) is 2.69. The van der Waals surface area contributed by atoms with E-state index in [0.29, 0.717) is 0 Å². The lowest BCUT2D eigenvalue weighted by atomic mass is 9.81. The van der Waals surface area contributed by atoms with E-state index in [1.54, 1.807) is 0 Å². The molecule has 102 valence electrons. The summed E-state index contributed by atoms with van der Waals surface area (Å²) in [6.45, 7) is 11.6. The van der Waals surface area contributed by atoms with E-state index in [4.69, 9.17) is 4.74 Å². The molecule has 0 saturated heterocycles. The fraction of sp³-hybridized carbons (Fsp3) is 0.625. The van der Waals surface area contributed by atoms with Crippen LogP contribution in [0.2, 0.25) is 0 Å². The Bertz CT molecular complexity index is 368. The first-order chi connectivity index (χ1) is 8.40. The molecule has 0 aliphatic heterocycles. The molecule has 0 aliphatic rings. The normalized spacial score (nSPS) is 15.4. The molecule has 2 unspecified atom stereocenters. The first kappa shape index (κ1) is 15.2. The summed E-state index contributed by atoms with van der Waals surface area (Å²) >= 11 is 0. The van der Waals surface area contributed by atoms with Crippen LogP contribution in [0, 0.1) is 12.3 Å². The molecule has 0 bridgehead atoms. The van der Waals surface area contributed by atoms with Gasteiger partial charge in [0.15, 0.2) is 0 Å². The van der Waals surface area contributed by atoms with Gasteiger partial charge < -0.3 is 10.1 Å². The maximum Gasteiger partial charge on any atom is 0.0817 e. The van der Waals surface area contributed by atoms with Crippen LogP contribution in [0.5, 0.6) is 0 Å². The van der Waals surface area contributed by atoms with Crippen molar-refractivity contribution in [3.05, 3.63) is 35.4 Å². The Hall–Kier alpha value is -0.860. The van der Waals surface area contributed by atoms with Gasteiger partial charge in [-0.3, -0.25) is 0 Å². The largest absolute Gasteiger partial charge is 0.376 e. The third-order valence-corrected chi connectivity index (χ3v) is 3.21. The van der Waals surface area contributed by atoms with E-state index in [9.17, 15) is 0 Å². The van der Waals surface area contributed by atoms with Crippen LogP contribution in [-0.4, -0.2) is 19.8 Å². The summed E-state index contributed by atoms with van der Waals surface area (Å²) in [5, 5.41) is 3.41. The number of benzene rings is 1. The molecule has 0 amide bonds. The van der Waals surface area contributed by atoms with Crippen molar-refractivity contribution in [2.75, 3.05) is 13.7 Å². The summed E-state index contributed by atoms with van der Waals surface area (Å²) in [4.78, 5) is 0. The van der Waals surface area contributed by atoms with Gasteiger partial charge in [0.25, 0.3) is 0 Å². The second-order valence-electron chi connectivity index (χ2n) is 5.92. The lowest BCUT2D eigenvalue weighted by Crippen LogP contribution is -2.41. The van der Waals surface area contributed by atoms with Gasteiger partial charge in [0.2, 0.25) is 0 Å². The van der Waals surface area contributed by atoms with Gasteiger partial charge in [0, 0.05) is 6.61 Å². The minimum atomic E-state index is 0.105. The molecule has 0 spiro atoms. The molecule has 0 radical (unpaired) electrons. The maximum atomic E-state index is 5.99. The van der Waals surface area contributed by atoms with E-state index in [2.05, 4.69) is 64.2 Å². The van der Waals surface area contributed by atoms with Crippen LogP contribution >= 0.6 is 0 Å². The van der Waals surface area contributed by atoms with Gasteiger partial charge in [0.05, 0.1) is 12.1 Å². The highest BCUT2D eigenvalue weighted by molar-refractivity contribution is 5.26. The van der Waals surface area contributed by atoms with Crippen molar-refractivity contribution >= 4 is 0 Å². The van der Waals surface area contributed by atoms with Crippen LogP contribution < -0.4 is 5.32 Å². The van der Waals surface area contributed by atoms with Crippen molar-refractivity contribution in [1.82, 2.24) is 5.32 Å². The second-order valence-corrected chi connectivity index (χ2v) is 5.92. The molecule has 0 aliphatic carbocycles. The Labute approximate surface area is 112 Å². The van der Waals surface area contributed by atoms with Gasteiger partial charge in [-0.1, -0.05) is 50.6 Å². The fourth-order valence-electron chi connectivity index (χ4n) is 2.38. The topological polar surface area (TPSA) is 21.3 Å². The molecule has 0 heterocycles. The van der Waals surface area contributed by atoms with Crippen LogP contribution in [-0.2, 0) is 4.74 Å². The van der Waals surface area contributed by atoms with Crippen molar-refractivity contribution in [3.8, 4) is 0 Å². The lowest BCUT2D eigenvalue weighted by molar-refractivity contribution is -0.0350. The minimum absolute atomic E-state index is 0.105. The Morgan fingerprint density at radius 1 is 1.28 bits per heavy atom. The van der Waals surface area contributed by atoms with Crippen molar-refractivity contribution in [1.29, 1.82) is 0 Å². The molecular formula is C16H27NO. The van der Waals surface area contributed by atoms with Crippen molar-refractivity contribution in [2.45, 2.75) is 46.8 Å². The number of ether oxygens (including phenoxy) is 1. The second kappa shape index (κ2) is 6.35. The minimum Gasteiger partial charge on any atom is -0.376 e. The Balaban J connectivity index is 3.06. The van der Waals surface area contributed by atoms with E-state index in [-0.39, 0.29) is 17.6 Å². The predicted molar refractivity (Wildman–Crippen MR) is 77.8 cm³/mol. The number of hydrogen-bond donors (Lipinski definition) is 1. The number of hydrogen-bond acceptors (Lipinski definition) is 2. The van der Waals surface area contributed by atoms with E-state index >= 15 is 0 Å². The highest BCUT2D eigenvalue weighted by atomic mass is 16.5. The molecule has 0 fully saturated rings. The standard InChI is InChI=1S/C16H27NO/c1-7-18-15(16(3,4)5)14(17-6)13-10-8-9-12(2)11-13/h8-11,14-15,17H,7H2,1-6H3. The first-order valence-corrected chi connectivity index (χ1v) is 6.75. The monoisotopic (exact) mass is 249 g/mol. The summed E-state index contributed by atoms with van der Waals surface area (Å²) < 4.78 is 5.99. The zero-order chi connectivity index (χ0) is 13.8. The predicted octanol–water partition coefficient (Wildman–Crippen LogP) is 3.71.